The average Bonchev–Trinajstić information content (AvgIpc) is 2.46. The van der Waals surface area contributed by atoms with Crippen LogP contribution in [0.25, 0.3) is 0 Å². The fourth-order valence-corrected chi connectivity index (χ4v) is 1.85. The quantitative estimate of drug-likeness (QED) is 0.668. The zero-order chi connectivity index (χ0) is 14.4. The largest absolute Gasteiger partial charge is 0.357 e. The maximum Gasteiger partial charge on any atom is 0.171 e. The van der Waals surface area contributed by atoms with Crippen LogP contribution in [0, 0.1) is 0 Å². The van der Waals surface area contributed by atoms with Crippen LogP contribution in [-0.2, 0) is 6.54 Å². The highest BCUT2D eigenvalue weighted by Gasteiger charge is 2.02. The van der Waals surface area contributed by atoms with E-state index in [0.29, 0.717) is 17.2 Å². The molecule has 5 heteroatoms. The van der Waals surface area contributed by atoms with Crippen LogP contribution in [-0.4, -0.2) is 15.9 Å². The third-order valence-corrected chi connectivity index (χ3v) is 2.93. The van der Waals surface area contributed by atoms with E-state index in [-0.39, 0.29) is 5.78 Å². The van der Waals surface area contributed by atoms with Crippen molar-refractivity contribution in [2.75, 3.05) is 5.32 Å². The zero-order valence-corrected chi connectivity index (χ0v) is 11.9. The van der Waals surface area contributed by atoms with E-state index in [1.807, 2.05) is 30.3 Å². The van der Waals surface area contributed by atoms with Crippen LogP contribution < -0.4 is 10.6 Å². The number of pyridine rings is 1. The predicted molar refractivity (Wildman–Crippen MR) is 83.7 cm³/mol. The molecule has 4 nitrogen and oxygen atoms in total. The number of anilines is 1. The van der Waals surface area contributed by atoms with Crippen molar-refractivity contribution in [1.82, 2.24) is 10.3 Å². The molecule has 0 unspecified atom stereocenters. The molecule has 2 aromatic rings. The molecule has 1 heterocycles. The van der Waals surface area contributed by atoms with Crippen LogP contribution in [0.5, 0.6) is 0 Å². The summed E-state index contributed by atoms with van der Waals surface area (Å²) < 4.78 is 0. The number of ketones is 1. The standard InChI is InChI=1S/C15H15N3OS/c1-11(19)12-5-4-7-13(9-12)18-15(20)17-10-14-6-2-3-8-16-14/h2-9H,10H2,1H3,(H2,17,18,20). The molecule has 0 bridgehead atoms. The van der Waals surface area contributed by atoms with Crippen LogP contribution in [0.2, 0.25) is 0 Å². The van der Waals surface area contributed by atoms with Gasteiger partial charge >= 0.3 is 0 Å². The van der Waals surface area contributed by atoms with Crippen LogP contribution in [0.15, 0.2) is 48.7 Å². The predicted octanol–water partition coefficient (Wildman–Crippen LogP) is 2.77. The second-order valence-electron chi connectivity index (χ2n) is 4.27. The highest BCUT2D eigenvalue weighted by molar-refractivity contribution is 7.80. The molecule has 102 valence electrons. The number of nitrogens with one attached hydrogen (secondary N) is 2. The molecule has 0 aliphatic rings. The summed E-state index contributed by atoms with van der Waals surface area (Å²) in [7, 11) is 0. The van der Waals surface area contributed by atoms with Crippen LogP contribution in [0.1, 0.15) is 23.0 Å². The minimum atomic E-state index is 0.0287. The van der Waals surface area contributed by atoms with Crippen molar-refractivity contribution in [3.8, 4) is 0 Å². The molecule has 2 N–H and O–H groups in total. The van der Waals surface area contributed by atoms with Crippen molar-refractivity contribution in [1.29, 1.82) is 0 Å². The molecule has 2 rings (SSSR count). The van der Waals surface area contributed by atoms with Gasteiger partial charge in [-0.05, 0) is 43.4 Å². The van der Waals surface area contributed by atoms with E-state index in [0.717, 1.165) is 11.4 Å². The van der Waals surface area contributed by atoms with Gasteiger partial charge in [-0.2, -0.15) is 0 Å². The molecule has 0 fully saturated rings. The highest BCUT2D eigenvalue weighted by Crippen LogP contribution is 2.11. The molecule has 0 saturated heterocycles. The van der Waals surface area contributed by atoms with Gasteiger partial charge < -0.3 is 10.6 Å². The number of thiocarbonyl (C=S) groups is 1. The van der Waals surface area contributed by atoms with Gasteiger partial charge in [0, 0.05) is 17.4 Å². The molecular formula is C15H15N3OS. The van der Waals surface area contributed by atoms with E-state index in [4.69, 9.17) is 12.2 Å². The van der Waals surface area contributed by atoms with Crippen molar-refractivity contribution >= 4 is 28.8 Å². The summed E-state index contributed by atoms with van der Waals surface area (Å²) >= 11 is 5.21. The third kappa shape index (κ3) is 4.13. The topological polar surface area (TPSA) is 54.0 Å². The molecule has 0 aliphatic heterocycles. The Hall–Kier alpha value is -2.27. The van der Waals surface area contributed by atoms with Crippen LogP contribution in [0.4, 0.5) is 5.69 Å². The lowest BCUT2D eigenvalue weighted by Gasteiger charge is -2.10. The summed E-state index contributed by atoms with van der Waals surface area (Å²) in [4.78, 5) is 15.5. The summed E-state index contributed by atoms with van der Waals surface area (Å²) in [6, 6.07) is 13.0. The molecule has 1 aromatic carbocycles. The van der Waals surface area contributed by atoms with E-state index in [1.165, 1.54) is 6.92 Å². The minimum absolute atomic E-state index is 0.0287. The van der Waals surface area contributed by atoms with E-state index >= 15 is 0 Å². The minimum Gasteiger partial charge on any atom is -0.357 e. The maximum absolute atomic E-state index is 11.3. The summed E-state index contributed by atoms with van der Waals surface area (Å²) in [6.07, 6.45) is 1.74. The van der Waals surface area contributed by atoms with Crippen LogP contribution in [0.3, 0.4) is 0 Å². The van der Waals surface area contributed by atoms with E-state index < -0.39 is 0 Å². The normalized spacial score (nSPS) is 9.85. The summed E-state index contributed by atoms with van der Waals surface area (Å²) in [6.45, 7) is 2.09. The Morgan fingerprint density at radius 1 is 1.25 bits per heavy atom. The van der Waals surface area contributed by atoms with Gasteiger partial charge in [0.05, 0.1) is 12.2 Å². The zero-order valence-electron chi connectivity index (χ0n) is 11.1. The number of carbonyl (C=O) groups is 1. The van der Waals surface area contributed by atoms with Gasteiger partial charge in [0.1, 0.15) is 0 Å². The Balaban J connectivity index is 1.91. The van der Waals surface area contributed by atoms with Crippen molar-refractivity contribution in [2.45, 2.75) is 13.5 Å². The van der Waals surface area contributed by atoms with Gasteiger partial charge in [0.25, 0.3) is 0 Å². The van der Waals surface area contributed by atoms with Crippen molar-refractivity contribution in [3.63, 3.8) is 0 Å². The number of carbonyl (C=O) groups excluding carboxylic acids is 1. The van der Waals surface area contributed by atoms with Gasteiger partial charge in [-0.25, -0.2) is 0 Å². The summed E-state index contributed by atoms with van der Waals surface area (Å²) in [5.41, 5.74) is 2.35. The lowest BCUT2D eigenvalue weighted by Crippen LogP contribution is -2.28. The average molecular weight is 285 g/mol. The fraction of sp³-hybridized carbons (Fsp3) is 0.133. The molecule has 0 amide bonds. The molecule has 0 atom stereocenters. The third-order valence-electron chi connectivity index (χ3n) is 2.68. The molecule has 1 aromatic heterocycles. The van der Waals surface area contributed by atoms with Crippen molar-refractivity contribution in [2.24, 2.45) is 0 Å². The van der Waals surface area contributed by atoms with Crippen LogP contribution >= 0.6 is 12.2 Å². The number of aromatic nitrogens is 1. The first-order valence-corrected chi connectivity index (χ1v) is 6.62. The Kier molecular flexibility index (Phi) is 4.79. The van der Waals surface area contributed by atoms with Gasteiger partial charge in [0.15, 0.2) is 10.9 Å². The summed E-state index contributed by atoms with van der Waals surface area (Å²) in [5, 5.41) is 6.61. The van der Waals surface area contributed by atoms with Gasteiger partial charge in [-0.3, -0.25) is 9.78 Å². The Bertz CT molecular complexity index is 614. The van der Waals surface area contributed by atoms with Crippen molar-refractivity contribution < 1.29 is 4.79 Å². The molecule has 20 heavy (non-hydrogen) atoms. The van der Waals surface area contributed by atoms with Crippen molar-refractivity contribution in [3.05, 3.63) is 59.9 Å². The van der Waals surface area contributed by atoms with Gasteiger partial charge in [-0.15, -0.1) is 0 Å². The number of hydrogen-bond acceptors (Lipinski definition) is 3. The molecular weight excluding hydrogens is 270 g/mol. The number of rotatable bonds is 4. The van der Waals surface area contributed by atoms with E-state index in [1.54, 1.807) is 18.3 Å². The van der Waals surface area contributed by atoms with E-state index in [9.17, 15) is 4.79 Å². The van der Waals surface area contributed by atoms with Gasteiger partial charge in [0.2, 0.25) is 0 Å². The number of Topliss-reactive ketones (excluding diaryl/α,β-unsaturated/α-hetero) is 1. The molecule has 0 radical (unpaired) electrons. The number of hydrogen-bond donors (Lipinski definition) is 2. The Morgan fingerprint density at radius 2 is 2.10 bits per heavy atom. The smallest absolute Gasteiger partial charge is 0.171 e. The Morgan fingerprint density at radius 3 is 2.80 bits per heavy atom. The SMILES string of the molecule is CC(=O)c1cccc(NC(=S)NCc2ccccn2)c1. The molecule has 0 spiro atoms. The van der Waals surface area contributed by atoms with Gasteiger partial charge in [-0.1, -0.05) is 18.2 Å². The second kappa shape index (κ2) is 6.77. The number of nitrogens with zero attached hydrogens (tertiary/aromatic N) is 1. The lowest BCUT2D eigenvalue weighted by molar-refractivity contribution is 0.101. The monoisotopic (exact) mass is 285 g/mol. The second-order valence-corrected chi connectivity index (χ2v) is 4.67. The first-order chi connectivity index (χ1) is 9.65. The lowest BCUT2D eigenvalue weighted by atomic mass is 10.1. The maximum atomic E-state index is 11.3. The molecule has 0 saturated carbocycles. The first-order valence-electron chi connectivity index (χ1n) is 6.21. The summed E-state index contributed by atoms with van der Waals surface area (Å²) in [5.74, 6) is 0.0287. The highest BCUT2D eigenvalue weighted by atomic mass is 32.1. The Labute approximate surface area is 123 Å². The fourth-order valence-electron chi connectivity index (χ4n) is 1.66. The first kappa shape index (κ1) is 14.1. The number of benzene rings is 1. The molecule has 0 aliphatic carbocycles. The van der Waals surface area contributed by atoms with E-state index in [2.05, 4.69) is 15.6 Å².